The molecule has 0 amide bonds. The monoisotopic (exact) mass is 298 g/mol. The molecule has 6 nitrogen and oxygen atoms in total. The molecule has 7 heteroatoms. The topological polar surface area (TPSA) is 91.5 Å². The number of esters is 2. The summed E-state index contributed by atoms with van der Waals surface area (Å²) in [6.45, 7) is 3.48. The maximum absolute atomic E-state index is 11.8. The van der Waals surface area contributed by atoms with Gasteiger partial charge in [0.15, 0.2) is 5.57 Å². The normalized spacial score (nSPS) is 9.75. The van der Waals surface area contributed by atoms with Crippen molar-refractivity contribution in [3.8, 4) is 0 Å². The molecule has 0 unspecified atom stereocenters. The Morgan fingerprint density at radius 3 is 2.25 bits per heavy atom. The third-order valence-electron chi connectivity index (χ3n) is 2.27. The summed E-state index contributed by atoms with van der Waals surface area (Å²) in [5.74, 6) is -1.67. The van der Waals surface area contributed by atoms with Crippen LogP contribution in [0.15, 0.2) is 23.9 Å². The third kappa shape index (κ3) is 3.96. The fourth-order valence-corrected chi connectivity index (χ4v) is 1.60. The lowest BCUT2D eigenvalue weighted by Gasteiger charge is -2.10. The average Bonchev–Trinajstić information content (AvgIpc) is 2.39. The number of nitrogens with zero attached hydrogens (tertiary/aromatic N) is 1. The first-order valence-corrected chi connectivity index (χ1v) is 6.34. The summed E-state index contributed by atoms with van der Waals surface area (Å²) in [5.41, 5.74) is 5.84. The highest BCUT2D eigenvalue weighted by Gasteiger charge is 2.25. The van der Waals surface area contributed by atoms with Crippen molar-refractivity contribution in [3.63, 3.8) is 0 Å². The Hall–Kier alpha value is -2.08. The first-order valence-electron chi connectivity index (χ1n) is 5.97. The second kappa shape index (κ2) is 7.49. The Bertz CT molecular complexity index is 523. The highest BCUT2D eigenvalue weighted by Crippen LogP contribution is 2.18. The van der Waals surface area contributed by atoms with Crippen LogP contribution in [0.3, 0.4) is 0 Å². The van der Waals surface area contributed by atoms with Crippen LogP contribution in [0.2, 0.25) is 5.15 Å². The van der Waals surface area contributed by atoms with Gasteiger partial charge in [0, 0.05) is 11.8 Å². The van der Waals surface area contributed by atoms with Gasteiger partial charge in [-0.2, -0.15) is 0 Å². The molecule has 0 saturated carbocycles. The summed E-state index contributed by atoms with van der Waals surface area (Å²) in [4.78, 5) is 27.5. The van der Waals surface area contributed by atoms with E-state index in [1.807, 2.05) is 0 Å². The van der Waals surface area contributed by atoms with Crippen molar-refractivity contribution in [1.82, 2.24) is 4.98 Å². The van der Waals surface area contributed by atoms with Gasteiger partial charge in [-0.05, 0) is 26.0 Å². The molecule has 1 aromatic rings. The second-order valence-electron chi connectivity index (χ2n) is 3.60. The molecule has 0 spiro atoms. The van der Waals surface area contributed by atoms with E-state index >= 15 is 0 Å². The van der Waals surface area contributed by atoms with E-state index in [1.54, 1.807) is 13.8 Å². The molecular formula is C13H15ClN2O4. The fourth-order valence-electron chi connectivity index (χ4n) is 1.42. The van der Waals surface area contributed by atoms with Gasteiger partial charge in [0.05, 0.1) is 18.9 Å². The Labute approximate surface area is 121 Å². The highest BCUT2D eigenvalue weighted by atomic mass is 35.5. The van der Waals surface area contributed by atoms with E-state index in [-0.39, 0.29) is 29.6 Å². The summed E-state index contributed by atoms with van der Waals surface area (Å²) < 4.78 is 9.64. The first kappa shape index (κ1) is 16.0. The lowest BCUT2D eigenvalue weighted by atomic mass is 10.1. The molecule has 1 heterocycles. The van der Waals surface area contributed by atoms with E-state index in [2.05, 4.69) is 4.98 Å². The number of rotatable bonds is 5. The van der Waals surface area contributed by atoms with Crippen molar-refractivity contribution in [3.05, 3.63) is 34.6 Å². The summed E-state index contributed by atoms with van der Waals surface area (Å²) in [5, 5.41) is 0.192. The summed E-state index contributed by atoms with van der Waals surface area (Å²) in [6.07, 6.45) is 1.42. The van der Waals surface area contributed by atoms with Crippen LogP contribution in [0.1, 0.15) is 19.4 Å². The van der Waals surface area contributed by atoms with Crippen LogP contribution < -0.4 is 5.73 Å². The quantitative estimate of drug-likeness (QED) is 0.291. The Morgan fingerprint density at radius 2 is 1.80 bits per heavy atom. The summed E-state index contributed by atoms with van der Waals surface area (Å²) in [6, 6.07) is 2.97. The molecule has 2 N–H and O–H groups in total. The van der Waals surface area contributed by atoms with E-state index in [9.17, 15) is 9.59 Å². The molecule has 108 valence electrons. The molecule has 1 aromatic heterocycles. The van der Waals surface area contributed by atoms with Crippen molar-refractivity contribution >= 4 is 29.2 Å². The molecule has 20 heavy (non-hydrogen) atoms. The maximum atomic E-state index is 11.8. The number of halogens is 1. The van der Waals surface area contributed by atoms with Gasteiger partial charge in [-0.15, -0.1) is 0 Å². The number of hydrogen-bond donors (Lipinski definition) is 1. The third-order valence-corrected chi connectivity index (χ3v) is 2.47. The molecule has 0 atom stereocenters. The van der Waals surface area contributed by atoms with Crippen molar-refractivity contribution < 1.29 is 19.1 Å². The van der Waals surface area contributed by atoms with Crippen LogP contribution in [-0.4, -0.2) is 30.1 Å². The van der Waals surface area contributed by atoms with Crippen LogP contribution in [0.4, 0.5) is 0 Å². The average molecular weight is 299 g/mol. The van der Waals surface area contributed by atoms with Gasteiger partial charge in [-0.3, -0.25) is 0 Å². The number of hydrogen-bond acceptors (Lipinski definition) is 6. The van der Waals surface area contributed by atoms with Crippen LogP contribution in [0, 0.1) is 0 Å². The molecule has 0 aliphatic heterocycles. The van der Waals surface area contributed by atoms with E-state index in [1.165, 1.54) is 18.3 Å². The molecule has 0 aliphatic rings. The molecule has 0 bridgehead atoms. The SMILES string of the molecule is CCOC(=O)C(C(=O)OCC)=C(N)c1ccnc(Cl)c1. The van der Waals surface area contributed by atoms with E-state index in [0.717, 1.165) is 0 Å². The smallest absolute Gasteiger partial charge is 0.347 e. The van der Waals surface area contributed by atoms with Crippen LogP contribution in [0.5, 0.6) is 0 Å². The standard InChI is InChI=1S/C13H15ClN2O4/c1-3-19-12(17)10(13(18)20-4-2)11(15)8-5-6-16-9(14)7-8/h5-7H,3-4,15H2,1-2H3. The molecule has 0 aliphatic carbocycles. The first-order chi connectivity index (χ1) is 9.51. The number of pyridine rings is 1. The number of carbonyl (C=O) groups is 2. The zero-order valence-corrected chi connectivity index (χ0v) is 11.9. The lowest BCUT2D eigenvalue weighted by Crippen LogP contribution is -2.22. The minimum atomic E-state index is -0.837. The molecule has 0 fully saturated rings. The van der Waals surface area contributed by atoms with Gasteiger partial charge in [0.1, 0.15) is 5.15 Å². The van der Waals surface area contributed by atoms with Gasteiger partial charge in [-0.1, -0.05) is 11.6 Å². The van der Waals surface area contributed by atoms with Gasteiger partial charge < -0.3 is 15.2 Å². The Morgan fingerprint density at radius 1 is 1.25 bits per heavy atom. The highest BCUT2D eigenvalue weighted by molar-refractivity contribution is 6.29. The van der Waals surface area contributed by atoms with E-state index in [0.29, 0.717) is 5.56 Å². The van der Waals surface area contributed by atoms with Crippen molar-refractivity contribution in [2.45, 2.75) is 13.8 Å². The zero-order chi connectivity index (χ0) is 15.1. The molecule has 0 aromatic carbocycles. The predicted octanol–water partition coefficient (Wildman–Crippen LogP) is 1.53. The maximum Gasteiger partial charge on any atom is 0.347 e. The fraction of sp³-hybridized carbons (Fsp3) is 0.308. The molecule has 1 rings (SSSR count). The molecule has 0 radical (unpaired) electrons. The van der Waals surface area contributed by atoms with Crippen molar-refractivity contribution in [2.75, 3.05) is 13.2 Å². The zero-order valence-electron chi connectivity index (χ0n) is 11.2. The number of nitrogens with two attached hydrogens (primary N) is 1. The van der Waals surface area contributed by atoms with Crippen LogP contribution in [0.25, 0.3) is 5.70 Å². The van der Waals surface area contributed by atoms with Gasteiger partial charge in [-0.25, -0.2) is 14.6 Å². The number of aromatic nitrogens is 1. The van der Waals surface area contributed by atoms with Gasteiger partial charge in [0.2, 0.25) is 0 Å². The van der Waals surface area contributed by atoms with E-state index < -0.39 is 11.9 Å². The predicted molar refractivity (Wildman–Crippen MR) is 73.6 cm³/mol. The Balaban J connectivity index is 3.28. The van der Waals surface area contributed by atoms with Crippen molar-refractivity contribution in [1.29, 1.82) is 0 Å². The lowest BCUT2D eigenvalue weighted by molar-refractivity contribution is -0.146. The summed E-state index contributed by atoms with van der Waals surface area (Å²) in [7, 11) is 0. The molecular weight excluding hydrogens is 284 g/mol. The largest absolute Gasteiger partial charge is 0.462 e. The Kier molecular flexibility index (Phi) is 5.99. The molecule has 0 saturated heterocycles. The minimum absolute atomic E-state index is 0.0637. The van der Waals surface area contributed by atoms with Crippen LogP contribution >= 0.6 is 11.6 Å². The number of ether oxygens (including phenoxy) is 2. The second-order valence-corrected chi connectivity index (χ2v) is 3.98. The van der Waals surface area contributed by atoms with Crippen LogP contribution in [-0.2, 0) is 19.1 Å². The van der Waals surface area contributed by atoms with Gasteiger partial charge >= 0.3 is 11.9 Å². The summed E-state index contributed by atoms with van der Waals surface area (Å²) >= 11 is 5.75. The van der Waals surface area contributed by atoms with Crippen molar-refractivity contribution in [2.24, 2.45) is 5.73 Å². The van der Waals surface area contributed by atoms with Gasteiger partial charge in [0.25, 0.3) is 0 Å². The van der Waals surface area contributed by atoms with E-state index in [4.69, 9.17) is 26.8 Å². The minimum Gasteiger partial charge on any atom is -0.462 e. The number of carbonyl (C=O) groups excluding carboxylic acids is 2.